The molecule has 11 heavy (non-hydrogen) atoms. The Kier molecular flexibility index (Phi) is 1.36. The van der Waals surface area contributed by atoms with E-state index < -0.39 is 0 Å². The summed E-state index contributed by atoms with van der Waals surface area (Å²) in [5.41, 5.74) is 8.09. The maximum atomic E-state index is 9.10. The Morgan fingerprint density at radius 3 is 3.00 bits per heavy atom. The molecule has 2 rings (SSSR count). The smallest absolute Gasteiger partial charge is 0.115 e. The van der Waals surface area contributed by atoms with Gasteiger partial charge in [-0.15, -0.1) is 0 Å². The van der Waals surface area contributed by atoms with Crippen LogP contribution in [0.4, 0.5) is 0 Å². The molecule has 0 saturated carbocycles. The van der Waals surface area contributed by atoms with E-state index in [4.69, 9.17) is 10.8 Å². The SMILES string of the molecule is NCC1Cc2cc(O)ccc21. The van der Waals surface area contributed by atoms with Gasteiger partial charge in [-0.25, -0.2) is 0 Å². The molecule has 0 aliphatic heterocycles. The van der Waals surface area contributed by atoms with Crippen molar-refractivity contribution in [1.82, 2.24) is 0 Å². The second-order valence-corrected chi connectivity index (χ2v) is 3.02. The van der Waals surface area contributed by atoms with Gasteiger partial charge in [-0.05, 0) is 36.2 Å². The van der Waals surface area contributed by atoms with Crippen LogP contribution < -0.4 is 5.73 Å². The number of aromatic hydroxyl groups is 1. The van der Waals surface area contributed by atoms with Gasteiger partial charge in [-0.2, -0.15) is 0 Å². The predicted molar refractivity (Wildman–Crippen MR) is 43.6 cm³/mol. The molecule has 0 spiro atoms. The van der Waals surface area contributed by atoms with Gasteiger partial charge in [0.2, 0.25) is 0 Å². The van der Waals surface area contributed by atoms with Crippen molar-refractivity contribution >= 4 is 0 Å². The minimum Gasteiger partial charge on any atom is -0.508 e. The van der Waals surface area contributed by atoms with Crippen LogP contribution in [0.2, 0.25) is 0 Å². The summed E-state index contributed by atoms with van der Waals surface area (Å²) in [4.78, 5) is 0. The molecule has 0 aromatic heterocycles. The van der Waals surface area contributed by atoms with Crippen molar-refractivity contribution in [2.45, 2.75) is 12.3 Å². The molecule has 1 aromatic carbocycles. The number of fused-ring (bicyclic) bond motifs is 1. The van der Waals surface area contributed by atoms with E-state index in [0.29, 0.717) is 11.7 Å². The lowest BCUT2D eigenvalue weighted by Crippen LogP contribution is -2.24. The third kappa shape index (κ3) is 0.906. The summed E-state index contributed by atoms with van der Waals surface area (Å²) in [6.45, 7) is 0.720. The van der Waals surface area contributed by atoms with Crippen molar-refractivity contribution < 1.29 is 5.11 Å². The Bertz CT molecular complexity index is 283. The average molecular weight is 149 g/mol. The first-order chi connectivity index (χ1) is 5.31. The van der Waals surface area contributed by atoms with Crippen LogP contribution in [-0.4, -0.2) is 11.7 Å². The Balaban J connectivity index is 2.35. The molecule has 1 aliphatic carbocycles. The summed E-state index contributed by atoms with van der Waals surface area (Å²) in [6.07, 6.45) is 1.03. The topological polar surface area (TPSA) is 46.2 Å². The maximum Gasteiger partial charge on any atom is 0.115 e. The number of benzene rings is 1. The third-order valence-corrected chi connectivity index (χ3v) is 2.32. The van der Waals surface area contributed by atoms with Crippen LogP contribution >= 0.6 is 0 Å². The van der Waals surface area contributed by atoms with E-state index in [2.05, 4.69) is 0 Å². The normalized spacial score (nSPS) is 20.6. The first kappa shape index (κ1) is 6.68. The van der Waals surface area contributed by atoms with Gasteiger partial charge in [0, 0.05) is 5.92 Å². The number of hydrogen-bond donors (Lipinski definition) is 2. The highest BCUT2D eigenvalue weighted by atomic mass is 16.3. The molecule has 1 aliphatic rings. The minimum absolute atomic E-state index is 0.360. The van der Waals surface area contributed by atoms with E-state index in [1.165, 1.54) is 11.1 Å². The zero-order valence-electron chi connectivity index (χ0n) is 6.25. The van der Waals surface area contributed by atoms with Gasteiger partial charge < -0.3 is 10.8 Å². The zero-order chi connectivity index (χ0) is 7.84. The number of rotatable bonds is 1. The highest BCUT2D eigenvalue weighted by molar-refractivity contribution is 5.44. The molecule has 2 heteroatoms. The zero-order valence-corrected chi connectivity index (χ0v) is 6.25. The molecular formula is C9H11NO. The van der Waals surface area contributed by atoms with Crippen LogP contribution in [-0.2, 0) is 6.42 Å². The fourth-order valence-corrected chi connectivity index (χ4v) is 1.62. The quantitative estimate of drug-likeness (QED) is 0.625. The second-order valence-electron chi connectivity index (χ2n) is 3.02. The van der Waals surface area contributed by atoms with E-state index in [1.54, 1.807) is 6.07 Å². The Hall–Kier alpha value is -1.02. The molecule has 0 fully saturated rings. The molecule has 0 heterocycles. The van der Waals surface area contributed by atoms with E-state index >= 15 is 0 Å². The highest BCUT2D eigenvalue weighted by Gasteiger charge is 2.24. The van der Waals surface area contributed by atoms with Crippen LogP contribution in [0.1, 0.15) is 17.0 Å². The lowest BCUT2D eigenvalue weighted by atomic mass is 9.78. The summed E-state index contributed by atoms with van der Waals surface area (Å²) >= 11 is 0. The van der Waals surface area contributed by atoms with Crippen LogP contribution in [0.3, 0.4) is 0 Å². The van der Waals surface area contributed by atoms with Crippen molar-refractivity contribution in [3.8, 4) is 5.75 Å². The number of phenols is 1. The van der Waals surface area contributed by atoms with Gasteiger partial charge in [0.1, 0.15) is 5.75 Å². The molecule has 1 unspecified atom stereocenters. The van der Waals surface area contributed by atoms with Crippen molar-refractivity contribution in [1.29, 1.82) is 0 Å². The molecule has 0 bridgehead atoms. The van der Waals surface area contributed by atoms with Gasteiger partial charge in [0.05, 0.1) is 0 Å². The summed E-state index contributed by atoms with van der Waals surface area (Å²) in [5.74, 6) is 0.893. The number of phenolic OH excluding ortho intramolecular Hbond substituents is 1. The van der Waals surface area contributed by atoms with Crippen LogP contribution in [0.5, 0.6) is 5.75 Å². The first-order valence-corrected chi connectivity index (χ1v) is 3.83. The van der Waals surface area contributed by atoms with Gasteiger partial charge in [-0.1, -0.05) is 6.07 Å². The monoisotopic (exact) mass is 149 g/mol. The molecular weight excluding hydrogens is 138 g/mol. The standard InChI is InChI=1S/C9H11NO/c10-5-7-3-6-4-8(11)1-2-9(6)7/h1-2,4,7,11H,3,5,10H2. The van der Waals surface area contributed by atoms with Gasteiger partial charge >= 0.3 is 0 Å². The highest BCUT2D eigenvalue weighted by Crippen LogP contribution is 2.35. The molecule has 0 saturated heterocycles. The molecule has 2 nitrogen and oxygen atoms in total. The van der Waals surface area contributed by atoms with Crippen molar-refractivity contribution in [2.75, 3.05) is 6.54 Å². The van der Waals surface area contributed by atoms with Crippen molar-refractivity contribution in [2.24, 2.45) is 5.73 Å². The molecule has 1 aromatic rings. The largest absolute Gasteiger partial charge is 0.508 e. The fourth-order valence-electron chi connectivity index (χ4n) is 1.62. The third-order valence-electron chi connectivity index (χ3n) is 2.32. The molecule has 0 radical (unpaired) electrons. The van der Waals surface area contributed by atoms with Crippen molar-refractivity contribution in [3.05, 3.63) is 29.3 Å². The average Bonchev–Trinajstić information content (AvgIpc) is 1.95. The summed E-state index contributed by atoms with van der Waals surface area (Å²) in [5, 5.41) is 9.10. The maximum absolute atomic E-state index is 9.10. The van der Waals surface area contributed by atoms with Crippen LogP contribution in [0, 0.1) is 0 Å². The Morgan fingerprint density at radius 1 is 1.55 bits per heavy atom. The lowest BCUT2D eigenvalue weighted by Gasteiger charge is -2.28. The van der Waals surface area contributed by atoms with Gasteiger partial charge in [-0.3, -0.25) is 0 Å². The van der Waals surface area contributed by atoms with Crippen LogP contribution in [0.25, 0.3) is 0 Å². The summed E-state index contributed by atoms with van der Waals surface area (Å²) in [6, 6.07) is 5.51. The molecule has 58 valence electrons. The molecule has 0 amide bonds. The van der Waals surface area contributed by atoms with Gasteiger partial charge in [0.25, 0.3) is 0 Å². The Morgan fingerprint density at radius 2 is 2.36 bits per heavy atom. The lowest BCUT2D eigenvalue weighted by molar-refractivity contribution is 0.471. The van der Waals surface area contributed by atoms with E-state index in [-0.39, 0.29) is 0 Å². The second kappa shape index (κ2) is 2.24. The Labute approximate surface area is 65.7 Å². The van der Waals surface area contributed by atoms with E-state index in [0.717, 1.165) is 13.0 Å². The predicted octanol–water partition coefficient (Wildman–Crippen LogP) is 0.991. The van der Waals surface area contributed by atoms with E-state index in [1.807, 2.05) is 12.1 Å². The van der Waals surface area contributed by atoms with Crippen molar-refractivity contribution in [3.63, 3.8) is 0 Å². The van der Waals surface area contributed by atoms with Gasteiger partial charge in [0.15, 0.2) is 0 Å². The van der Waals surface area contributed by atoms with E-state index in [9.17, 15) is 0 Å². The minimum atomic E-state index is 0.360. The number of nitrogens with two attached hydrogens (primary N) is 1. The fraction of sp³-hybridized carbons (Fsp3) is 0.333. The van der Waals surface area contributed by atoms with Crippen LogP contribution in [0.15, 0.2) is 18.2 Å². The summed E-state index contributed by atoms with van der Waals surface area (Å²) in [7, 11) is 0. The first-order valence-electron chi connectivity index (χ1n) is 3.83. The molecule has 1 atom stereocenters. The summed E-state index contributed by atoms with van der Waals surface area (Å²) < 4.78 is 0. The molecule has 3 N–H and O–H groups in total. The number of hydrogen-bond acceptors (Lipinski definition) is 2.